The summed E-state index contributed by atoms with van der Waals surface area (Å²) in [4.78, 5) is 10.4. The molecule has 0 amide bonds. The Balaban J connectivity index is 2.85. The molecule has 0 aliphatic carbocycles. The molecule has 1 unspecified atom stereocenters. The zero-order valence-electron chi connectivity index (χ0n) is 7.26. The first-order chi connectivity index (χ1) is 6.50. The van der Waals surface area contributed by atoms with Crippen molar-refractivity contribution in [2.24, 2.45) is 0 Å². The summed E-state index contributed by atoms with van der Waals surface area (Å²) in [5.74, 6) is -0.514. The fourth-order valence-corrected chi connectivity index (χ4v) is 1.29. The van der Waals surface area contributed by atoms with E-state index in [4.69, 9.17) is 23.2 Å². The highest BCUT2D eigenvalue weighted by atomic mass is 35.5. The number of hydrogen-bond donors (Lipinski definition) is 0. The molecule has 1 atom stereocenters. The molecule has 0 aliphatic rings. The van der Waals surface area contributed by atoms with Crippen LogP contribution in [-0.4, -0.2) is 5.43 Å². The number of carbonyl (C=O) groups excluding carboxylic acids is 1. The molecule has 14 heavy (non-hydrogen) atoms. The highest BCUT2D eigenvalue weighted by Gasteiger charge is 2.11. The molecular formula is C9H7Cl2FO2. The first-order valence-corrected chi connectivity index (χ1v) is 4.57. The first-order valence-electron chi connectivity index (χ1n) is 3.81. The zero-order chi connectivity index (χ0) is 10.7. The van der Waals surface area contributed by atoms with Crippen molar-refractivity contribution in [3.8, 4) is 0 Å². The summed E-state index contributed by atoms with van der Waals surface area (Å²) in [6.07, 6.45) is -0.543. The smallest absolute Gasteiger partial charge is 0.404 e. The summed E-state index contributed by atoms with van der Waals surface area (Å²) in [5.41, 5.74) is -0.316. The van der Waals surface area contributed by atoms with Crippen LogP contribution in [0.15, 0.2) is 18.2 Å². The second-order valence-corrected chi connectivity index (χ2v) is 3.39. The molecule has 0 saturated carbocycles. The highest BCUT2D eigenvalue weighted by molar-refractivity contribution is 6.61. The molecule has 0 fully saturated rings. The molecule has 5 heteroatoms. The van der Waals surface area contributed by atoms with Gasteiger partial charge in [-0.2, -0.15) is 0 Å². The van der Waals surface area contributed by atoms with E-state index in [2.05, 4.69) is 4.74 Å². The monoisotopic (exact) mass is 236 g/mol. The fourth-order valence-electron chi connectivity index (χ4n) is 0.972. The maximum atomic E-state index is 12.8. The average Bonchev–Trinajstić information content (AvgIpc) is 2.08. The summed E-state index contributed by atoms with van der Waals surface area (Å²) in [7, 11) is 0. The fraction of sp³-hybridized carbons (Fsp3) is 0.222. The summed E-state index contributed by atoms with van der Waals surface area (Å²) < 4.78 is 17.4. The second kappa shape index (κ2) is 4.62. The molecule has 0 N–H and O–H groups in total. The molecule has 0 radical (unpaired) electrons. The van der Waals surface area contributed by atoms with E-state index in [1.165, 1.54) is 18.2 Å². The van der Waals surface area contributed by atoms with Crippen molar-refractivity contribution >= 4 is 28.6 Å². The minimum Gasteiger partial charge on any atom is -0.446 e. The maximum Gasteiger partial charge on any atom is 0.404 e. The van der Waals surface area contributed by atoms with Crippen molar-refractivity contribution in [1.82, 2.24) is 0 Å². The summed E-state index contributed by atoms with van der Waals surface area (Å²) >= 11 is 10.6. The second-order valence-electron chi connectivity index (χ2n) is 2.67. The standard InChI is InChI=1S/C9H7Cl2FO2/c1-5(14-9(11)13)6-2-3-8(12)7(10)4-6/h2-5H,1H3. The molecule has 0 heterocycles. The Kier molecular flexibility index (Phi) is 3.72. The average molecular weight is 237 g/mol. The SMILES string of the molecule is CC(OC(=O)Cl)c1ccc(F)c(Cl)c1. The van der Waals surface area contributed by atoms with E-state index in [-0.39, 0.29) is 5.02 Å². The molecule has 0 spiro atoms. The Bertz CT molecular complexity index is 355. The third-order valence-corrected chi connectivity index (χ3v) is 2.06. The Morgan fingerprint density at radius 3 is 2.71 bits per heavy atom. The number of ether oxygens (including phenoxy) is 1. The molecule has 0 aliphatic heterocycles. The van der Waals surface area contributed by atoms with Crippen molar-refractivity contribution < 1.29 is 13.9 Å². The molecule has 1 rings (SSSR count). The predicted octanol–water partition coefficient (Wildman–Crippen LogP) is 3.92. The number of benzene rings is 1. The lowest BCUT2D eigenvalue weighted by molar-refractivity contribution is 0.132. The van der Waals surface area contributed by atoms with Crippen LogP contribution in [0.2, 0.25) is 5.02 Å². The summed E-state index contributed by atoms with van der Waals surface area (Å²) in [5, 5.41) is -0.0139. The van der Waals surface area contributed by atoms with Crippen molar-refractivity contribution in [2.45, 2.75) is 13.0 Å². The van der Waals surface area contributed by atoms with Crippen LogP contribution >= 0.6 is 23.2 Å². The van der Waals surface area contributed by atoms with Crippen LogP contribution in [0, 0.1) is 5.82 Å². The van der Waals surface area contributed by atoms with Crippen molar-refractivity contribution in [3.63, 3.8) is 0 Å². The summed E-state index contributed by atoms with van der Waals surface area (Å²) in [6.45, 7) is 1.61. The third-order valence-electron chi connectivity index (χ3n) is 1.68. The van der Waals surface area contributed by atoms with Crippen LogP contribution in [0.3, 0.4) is 0 Å². The van der Waals surface area contributed by atoms with Crippen LogP contribution in [0.4, 0.5) is 9.18 Å². The molecule has 0 saturated heterocycles. The van der Waals surface area contributed by atoms with Gasteiger partial charge >= 0.3 is 5.43 Å². The van der Waals surface area contributed by atoms with Gasteiger partial charge in [0, 0.05) is 11.6 Å². The lowest BCUT2D eigenvalue weighted by Gasteiger charge is -2.11. The van der Waals surface area contributed by atoms with Gasteiger partial charge in [-0.1, -0.05) is 17.7 Å². The summed E-state index contributed by atoms with van der Waals surface area (Å²) in [6, 6.07) is 4.07. The van der Waals surface area contributed by atoms with Gasteiger partial charge in [0.15, 0.2) is 0 Å². The van der Waals surface area contributed by atoms with E-state index in [0.29, 0.717) is 5.56 Å². The number of carbonyl (C=O) groups is 1. The van der Waals surface area contributed by atoms with Gasteiger partial charge in [0.2, 0.25) is 0 Å². The minimum absolute atomic E-state index is 0.0139. The lowest BCUT2D eigenvalue weighted by atomic mass is 10.1. The van der Waals surface area contributed by atoms with E-state index in [1.807, 2.05) is 0 Å². The Labute approximate surface area is 90.6 Å². The topological polar surface area (TPSA) is 26.3 Å². The van der Waals surface area contributed by atoms with Gasteiger partial charge in [-0.3, -0.25) is 0 Å². The van der Waals surface area contributed by atoms with Crippen LogP contribution in [0.1, 0.15) is 18.6 Å². The molecule has 0 bridgehead atoms. The number of rotatable bonds is 2. The lowest BCUT2D eigenvalue weighted by Crippen LogP contribution is -2.01. The molecule has 1 aromatic rings. The number of halogens is 3. The van der Waals surface area contributed by atoms with Crippen molar-refractivity contribution in [3.05, 3.63) is 34.6 Å². The number of hydrogen-bond acceptors (Lipinski definition) is 2. The largest absolute Gasteiger partial charge is 0.446 e. The Morgan fingerprint density at radius 1 is 1.57 bits per heavy atom. The van der Waals surface area contributed by atoms with Crippen molar-refractivity contribution in [2.75, 3.05) is 0 Å². The van der Waals surface area contributed by atoms with E-state index in [0.717, 1.165) is 0 Å². The Morgan fingerprint density at radius 2 is 2.21 bits per heavy atom. The van der Waals surface area contributed by atoms with Gasteiger partial charge in [-0.05, 0) is 24.6 Å². The first kappa shape index (κ1) is 11.3. The van der Waals surface area contributed by atoms with Crippen LogP contribution in [-0.2, 0) is 4.74 Å². The van der Waals surface area contributed by atoms with Crippen molar-refractivity contribution in [1.29, 1.82) is 0 Å². The van der Waals surface area contributed by atoms with Gasteiger partial charge in [-0.25, -0.2) is 9.18 Å². The minimum atomic E-state index is -0.905. The molecule has 0 aromatic heterocycles. The van der Waals surface area contributed by atoms with Crippen LogP contribution in [0.5, 0.6) is 0 Å². The molecule has 76 valence electrons. The zero-order valence-corrected chi connectivity index (χ0v) is 8.77. The van der Waals surface area contributed by atoms with Crippen LogP contribution in [0.25, 0.3) is 0 Å². The maximum absolute atomic E-state index is 12.8. The molecule has 1 aromatic carbocycles. The third kappa shape index (κ3) is 2.86. The van der Waals surface area contributed by atoms with Gasteiger partial charge in [0.05, 0.1) is 5.02 Å². The quantitative estimate of drug-likeness (QED) is 0.728. The highest BCUT2D eigenvalue weighted by Crippen LogP contribution is 2.23. The molecular weight excluding hydrogens is 230 g/mol. The van der Waals surface area contributed by atoms with E-state index in [1.54, 1.807) is 6.92 Å². The molecule has 2 nitrogen and oxygen atoms in total. The Hall–Kier alpha value is -0.800. The van der Waals surface area contributed by atoms with Gasteiger partial charge in [0.25, 0.3) is 0 Å². The van der Waals surface area contributed by atoms with Gasteiger partial charge < -0.3 is 4.74 Å². The van der Waals surface area contributed by atoms with Gasteiger partial charge in [0.1, 0.15) is 11.9 Å². The van der Waals surface area contributed by atoms with Gasteiger partial charge in [-0.15, -0.1) is 0 Å². The van der Waals surface area contributed by atoms with E-state index >= 15 is 0 Å². The normalized spacial score (nSPS) is 12.3. The van der Waals surface area contributed by atoms with E-state index in [9.17, 15) is 9.18 Å². The van der Waals surface area contributed by atoms with Crippen LogP contribution < -0.4 is 0 Å². The predicted molar refractivity (Wildman–Crippen MR) is 52.2 cm³/mol. The van der Waals surface area contributed by atoms with E-state index < -0.39 is 17.3 Å².